The summed E-state index contributed by atoms with van der Waals surface area (Å²) in [5.74, 6) is 0.600. The molecule has 0 aliphatic heterocycles. The van der Waals surface area contributed by atoms with Crippen LogP contribution in [0.15, 0.2) is 0 Å². The van der Waals surface area contributed by atoms with Gasteiger partial charge < -0.3 is 0 Å². The lowest BCUT2D eigenvalue weighted by atomic mass is 9.91. The molecular weight excluding hydrogens is 160 g/mol. The van der Waals surface area contributed by atoms with Crippen LogP contribution in [0.2, 0.25) is 0 Å². The minimum Gasteiger partial charge on any atom is -0.229 e. The highest BCUT2D eigenvalue weighted by molar-refractivity contribution is 7.91. The molecule has 0 amide bonds. The predicted octanol–water partition coefficient (Wildman–Crippen LogP) is 1.61. The van der Waals surface area contributed by atoms with Crippen molar-refractivity contribution in [2.45, 2.75) is 37.9 Å². The summed E-state index contributed by atoms with van der Waals surface area (Å²) in [6.45, 7) is 2.14. The van der Waals surface area contributed by atoms with Crippen LogP contribution in [-0.2, 0) is 9.84 Å². The summed E-state index contributed by atoms with van der Waals surface area (Å²) in [7, 11) is -2.76. The zero-order chi connectivity index (χ0) is 8.48. The SMILES string of the molecule is C[C@@H]1CCC[C@@H](S(C)(=O)=O)C1. The third-order valence-electron chi connectivity index (χ3n) is 2.49. The van der Waals surface area contributed by atoms with Crippen LogP contribution in [0.4, 0.5) is 0 Å². The number of hydrogen-bond acceptors (Lipinski definition) is 2. The zero-order valence-corrected chi connectivity index (χ0v) is 8.02. The molecular formula is C8H16O2S. The number of rotatable bonds is 1. The van der Waals surface area contributed by atoms with Crippen molar-refractivity contribution in [2.24, 2.45) is 5.92 Å². The maximum absolute atomic E-state index is 11.1. The summed E-state index contributed by atoms with van der Waals surface area (Å²) in [6.07, 6.45) is 5.39. The third kappa shape index (κ3) is 2.47. The molecule has 0 aromatic carbocycles. The molecule has 1 aliphatic carbocycles. The number of sulfone groups is 1. The van der Waals surface area contributed by atoms with Crippen molar-refractivity contribution in [1.82, 2.24) is 0 Å². The van der Waals surface area contributed by atoms with Crippen LogP contribution in [0, 0.1) is 5.92 Å². The van der Waals surface area contributed by atoms with E-state index in [4.69, 9.17) is 0 Å². The maximum atomic E-state index is 11.1. The second kappa shape index (κ2) is 3.13. The van der Waals surface area contributed by atoms with Gasteiger partial charge >= 0.3 is 0 Å². The Kier molecular flexibility index (Phi) is 2.58. The van der Waals surface area contributed by atoms with Gasteiger partial charge in [0.15, 0.2) is 0 Å². The van der Waals surface area contributed by atoms with Gasteiger partial charge in [0, 0.05) is 6.26 Å². The lowest BCUT2D eigenvalue weighted by Crippen LogP contribution is -2.26. The zero-order valence-electron chi connectivity index (χ0n) is 7.21. The van der Waals surface area contributed by atoms with Crippen LogP contribution in [0.5, 0.6) is 0 Å². The molecule has 0 aromatic heterocycles. The van der Waals surface area contributed by atoms with E-state index in [0.29, 0.717) is 5.92 Å². The van der Waals surface area contributed by atoms with Gasteiger partial charge in [-0.2, -0.15) is 0 Å². The van der Waals surface area contributed by atoms with Crippen molar-refractivity contribution in [3.63, 3.8) is 0 Å². The van der Waals surface area contributed by atoms with Crippen LogP contribution in [-0.4, -0.2) is 19.9 Å². The van der Waals surface area contributed by atoms with Crippen molar-refractivity contribution < 1.29 is 8.42 Å². The molecule has 2 atom stereocenters. The summed E-state index contributed by atoms with van der Waals surface area (Å²) in [6, 6.07) is 0. The topological polar surface area (TPSA) is 34.1 Å². The van der Waals surface area contributed by atoms with Crippen molar-refractivity contribution >= 4 is 9.84 Å². The van der Waals surface area contributed by atoms with Crippen LogP contribution in [0.1, 0.15) is 32.6 Å². The van der Waals surface area contributed by atoms with Crippen LogP contribution >= 0.6 is 0 Å². The molecule has 3 heteroatoms. The Bertz CT molecular complexity index is 218. The van der Waals surface area contributed by atoms with Gasteiger partial charge in [-0.25, -0.2) is 8.42 Å². The molecule has 0 radical (unpaired) electrons. The average molecular weight is 176 g/mol. The summed E-state index contributed by atoms with van der Waals surface area (Å²) >= 11 is 0. The smallest absolute Gasteiger partial charge is 0.150 e. The van der Waals surface area contributed by atoms with E-state index in [2.05, 4.69) is 6.92 Å². The quantitative estimate of drug-likeness (QED) is 0.608. The molecule has 2 nitrogen and oxygen atoms in total. The van der Waals surface area contributed by atoms with Gasteiger partial charge in [0.05, 0.1) is 5.25 Å². The van der Waals surface area contributed by atoms with Gasteiger partial charge in [-0.15, -0.1) is 0 Å². The fourth-order valence-electron chi connectivity index (χ4n) is 1.77. The molecule has 0 saturated heterocycles. The fraction of sp³-hybridized carbons (Fsp3) is 1.00. The van der Waals surface area contributed by atoms with Gasteiger partial charge in [0.2, 0.25) is 0 Å². The molecule has 0 heterocycles. The van der Waals surface area contributed by atoms with Gasteiger partial charge in [0.25, 0.3) is 0 Å². The molecule has 0 N–H and O–H groups in total. The third-order valence-corrected chi connectivity index (χ3v) is 4.13. The minimum atomic E-state index is -2.76. The first-order chi connectivity index (χ1) is 5.00. The van der Waals surface area contributed by atoms with Crippen LogP contribution < -0.4 is 0 Å². The highest BCUT2D eigenvalue weighted by atomic mass is 32.2. The summed E-state index contributed by atoms with van der Waals surface area (Å²) in [5.41, 5.74) is 0. The molecule has 1 fully saturated rings. The van der Waals surface area contributed by atoms with Crippen LogP contribution in [0.25, 0.3) is 0 Å². The Balaban J connectivity index is 2.60. The van der Waals surface area contributed by atoms with E-state index in [9.17, 15) is 8.42 Å². The Hall–Kier alpha value is -0.0500. The van der Waals surface area contributed by atoms with Crippen molar-refractivity contribution in [2.75, 3.05) is 6.26 Å². The fourth-order valence-corrected chi connectivity index (χ4v) is 3.04. The summed E-state index contributed by atoms with van der Waals surface area (Å²) in [4.78, 5) is 0. The summed E-state index contributed by atoms with van der Waals surface area (Å²) in [5, 5.41) is -0.0498. The highest BCUT2D eigenvalue weighted by Crippen LogP contribution is 2.27. The normalized spacial score (nSPS) is 33.6. The monoisotopic (exact) mass is 176 g/mol. The second-order valence-corrected chi connectivity index (χ2v) is 6.05. The second-order valence-electron chi connectivity index (χ2n) is 3.72. The molecule has 0 bridgehead atoms. The van der Waals surface area contributed by atoms with Gasteiger partial charge in [-0.3, -0.25) is 0 Å². The molecule has 1 rings (SSSR count). The molecule has 0 spiro atoms. The molecule has 0 unspecified atom stereocenters. The van der Waals surface area contributed by atoms with E-state index in [1.807, 2.05) is 0 Å². The first-order valence-electron chi connectivity index (χ1n) is 4.19. The largest absolute Gasteiger partial charge is 0.229 e. The van der Waals surface area contributed by atoms with Gasteiger partial charge in [-0.05, 0) is 18.8 Å². The molecule has 1 saturated carbocycles. The maximum Gasteiger partial charge on any atom is 0.150 e. The Morgan fingerprint density at radius 2 is 1.91 bits per heavy atom. The van der Waals surface area contributed by atoms with E-state index in [1.165, 1.54) is 12.7 Å². The lowest BCUT2D eigenvalue weighted by Gasteiger charge is -2.24. The van der Waals surface area contributed by atoms with Gasteiger partial charge in [-0.1, -0.05) is 19.8 Å². The summed E-state index contributed by atoms with van der Waals surface area (Å²) < 4.78 is 22.3. The first kappa shape index (κ1) is 9.04. The van der Waals surface area contributed by atoms with Crippen molar-refractivity contribution in [3.05, 3.63) is 0 Å². The standard InChI is InChI=1S/C8H16O2S/c1-7-4-3-5-8(6-7)11(2,9)10/h7-8H,3-6H2,1-2H3/t7-,8-/m1/s1. The molecule has 66 valence electrons. The molecule has 0 aromatic rings. The van der Waals surface area contributed by atoms with E-state index in [-0.39, 0.29) is 5.25 Å². The van der Waals surface area contributed by atoms with Gasteiger partial charge in [0.1, 0.15) is 9.84 Å². The van der Waals surface area contributed by atoms with E-state index >= 15 is 0 Å². The highest BCUT2D eigenvalue weighted by Gasteiger charge is 2.26. The van der Waals surface area contributed by atoms with E-state index < -0.39 is 9.84 Å². The Morgan fingerprint density at radius 3 is 2.27 bits per heavy atom. The molecule has 1 aliphatic rings. The minimum absolute atomic E-state index is 0.0498. The molecule has 11 heavy (non-hydrogen) atoms. The Labute approximate surface area is 68.9 Å². The average Bonchev–Trinajstić information content (AvgIpc) is 1.86. The van der Waals surface area contributed by atoms with Crippen molar-refractivity contribution in [1.29, 1.82) is 0 Å². The van der Waals surface area contributed by atoms with Crippen molar-refractivity contribution in [3.8, 4) is 0 Å². The first-order valence-corrected chi connectivity index (χ1v) is 6.14. The predicted molar refractivity (Wildman–Crippen MR) is 46.3 cm³/mol. The van der Waals surface area contributed by atoms with E-state index in [1.54, 1.807) is 0 Å². The van der Waals surface area contributed by atoms with Crippen LogP contribution in [0.3, 0.4) is 0 Å². The lowest BCUT2D eigenvalue weighted by molar-refractivity contribution is 0.383. The Morgan fingerprint density at radius 1 is 1.27 bits per heavy atom. The number of hydrogen-bond donors (Lipinski definition) is 0. The van der Waals surface area contributed by atoms with E-state index in [0.717, 1.165) is 19.3 Å².